The lowest BCUT2D eigenvalue weighted by atomic mass is 9.82. The second-order valence-corrected chi connectivity index (χ2v) is 6.38. The summed E-state index contributed by atoms with van der Waals surface area (Å²) < 4.78 is 0. The largest absolute Gasteiger partial charge is 0.303 e. The molecule has 0 aromatic carbocycles. The van der Waals surface area contributed by atoms with Crippen molar-refractivity contribution in [1.29, 1.82) is 0 Å². The number of carbonyl (C=O) groups is 1. The van der Waals surface area contributed by atoms with E-state index in [-0.39, 0.29) is 5.41 Å². The first kappa shape index (κ1) is 13.8. The third-order valence-electron chi connectivity index (χ3n) is 4.58. The van der Waals surface area contributed by atoms with Crippen LogP contribution in [0, 0.1) is 5.41 Å². The summed E-state index contributed by atoms with van der Waals surface area (Å²) in [6.45, 7) is 8.51. The molecule has 1 unspecified atom stereocenters. The number of nitrogens with zero attached hydrogens (tertiary/aromatic N) is 1. The van der Waals surface area contributed by atoms with Crippen LogP contribution in [0.5, 0.6) is 0 Å². The van der Waals surface area contributed by atoms with Crippen molar-refractivity contribution in [2.24, 2.45) is 5.41 Å². The Kier molecular flexibility index (Phi) is 4.23. The van der Waals surface area contributed by atoms with Gasteiger partial charge in [-0.2, -0.15) is 0 Å². The van der Waals surface area contributed by atoms with Crippen molar-refractivity contribution in [3.8, 4) is 0 Å². The zero-order chi connectivity index (χ0) is 13.2. The molecule has 0 fully saturated rings. The van der Waals surface area contributed by atoms with Gasteiger partial charge in [0.25, 0.3) is 0 Å². The minimum atomic E-state index is -0.151. The predicted octanol–water partition coefficient (Wildman–Crippen LogP) is 3.67. The molecule has 0 bridgehead atoms. The molecule has 2 rings (SSSR count). The average Bonchev–Trinajstić information content (AvgIpc) is 2.88. The number of rotatable bonds is 5. The third-order valence-corrected chi connectivity index (χ3v) is 5.58. The lowest BCUT2D eigenvalue weighted by Crippen LogP contribution is -2.42. The van der Waals surface area contributed by atoms with Crippen LogP contribution in [-0.4, -0.2) is 24.3 Å². The van der Waals surface area contributed by atoms with E-state index in [0.717, 1.165) is 32.4 Å². The average molecular weight is 265 g/mol. The second-order valence-electron chi connectivity index (χ2n) is 5.38. The maximum atomic E-state index is 11.4. The summed E-state index contributed by atoms with van der Waals surface area (Å²) in [4.78, 5) is 15.5. The van der Waals surface area contributed by atoms with Gasteiger partial charge in [-0.3, -0.25) is 4.90 Å². The molecule has 0 aliphatic carbocycles. The van der Waals surface area contributed by atoms with Crippen LogP contribution in [-0.2, 0) is 11.2 Å². The molecule has 3 heteroatoms. The fourth-order valence-corrected chi connectivity index (χ4v) is 3.82. The Labute approximate surface area is 114 Å². The van der Waals surface area contributed by atoms with Gasteiger partial charge in [0.05, 0.1) is 0 Å². The Balaban J connectivity index is 2.14. The van der Waals surface area contributed by atoms with Gasteiger partial charge in [-0.1, -0.05) is 13.8 Å². The van der Waals surface area contributed by atoms with Crippen LogP contribution in [0.4, 0.5) is 0 Å². The van der Waals surface area contributed by atoms with E-state index in [1.54, 1.807) is 0 Å². The second kappa shape index (κ2) is 5.54. The zero-order valence-electron chi connectivity index (χ0n) is 11.6. The topological polar surface area (TPSA) is 20.3 Å². The van der Waals surface area contributed by atoms with Crippen LogP contribution in [0.1, 0.15) is 50.1 Å². The lowest BCUT2D eigenvalue weighted by Gasteiger charge is -2.39. The van der Waals surface area contributed by atoms with E-state index in [1.807, 2.05) is 11.3 Å². The molecule has 0 saturated heterocycles. The molecule has 100 valence electrons. The molecule has 0 saturated carbocycles. The Morgan fingerprint density at radius 3 is 2.83 bits per heavy atom. The minimum absolute atomic E-state index is 0.151. The molecule has 1 aromatic rings. The highest BCUT2D eigenvalue weighted by Gasteiger charge is 2.33. The van der Waals surface area contributed by atoms with Crippen molar-refractivity contribution < 1.29 is 4.79 Å². The van der Waals surface area contributed by atoms with E-state index in [1.165, 1.54) is 16.7 Å². The molecule has 0 spiro atoms. The summed E-state index contributed by atoms with van der Waals surface area (Å²) in [7, 11) is 0. The van der Waals surface area contributed by atoms with Crippen LogP contribution in [0.2, 0.25) is 0 Å². The molecular formula is C15H23NOS. The van der Waals surface area contributed by atoms with E-state index in [9.17, 15) is 4.79 Å². The molecule has 0 amide bonds. The van der Waals surface area contributed by atoms with Crippen molar-refractivity contribution in [2.45, 2.75) is 46.1 Å². The first-order valence-electron chi connectivity index (χ1n) is 6.92. The first-order valence-corrected chi connectivity index (χ1v) is 7.80. The molecule has 0 N–H and O–H groups in total. The summed E-state index contributed by atoms with van der Waals surface area (Å²) in [5.74, 6) is 0. The normalized spacial score (nSPS) is 20.7. The van der Waals surface area contributed by atoms with Gasteiger partial charge in [0.15, 0.2) is 0 Å². The summed E-state index contributed by atoms with van der Waals surface area (Å²) in [5, 5.41) is 2.19. The number of hydrogen-bond acceptors (Lipinski definition) is 3. The van der Waals surface area contributed by atoms with Crippen molar-refractivity contribution in [3.63, 3.8) is 0 Å². The quantitative estimate of drug-likeness (QED) is 0.757. The summed E-state index contributed by atoms with van der Waals surface area (Å²) in [5.41, 5.74) is 1.32. The van der Waals surface area contributed by atoms with Gasteiger partial charge >= 0.3 is 0 Å². The van der Waals surface area contributed by atoms with Gasteiger partial charge < -0.3 is 4.79 Å². The van der Waals surface area contributed by atoms with E-state index in [0.29, 0.717) is 6.04 Å². The number of hydrogen-bond donors (Lipinski definition) is 0. The van der Waals surface area contributed by atoms with Gasteiger partial charge in [-0.05, 0) is 43.2 Å². The van der Waals surface area contributed by atoms with Crippen LogP contribution >= 0.6 is 11.3 Å². The highest BCUT2D eigenvalue weighted by molar-refractivity contribution is 7.10. The van der Waals surface area contributed by atoms with Gasteiger partial charge in [0.2, 0.25) is 0 Å². The fourth-order valence-electron chi connectivity index (χ4n) is 2.86. The summed E-state index contributed by atoms with van der Waals surface area (Å²) >= 11 is 1.87. The molecule has 1 aliphatic heterocycles. The summed E-state index contributed by atoms with van der Waals surface area (Å²) in [6.07, 6.45) is 4.20. The smallest absolute Gasteiger partial charge is 0.127 e. The van der Waals surface area contributed by atoms with Crippen LogP contribution in [0.3, 0.4) is 0 Å². The third kappa shape index (κ3) is 2.39. The fraction of sp³-hybridized carbons (Fsp3) is 0.667. The van der Waals surface area contributed by atoms with Crippen LogP contribution in [0.25, 0.3) is 0 Å². The number of thiophene rings is 1. The van der Waals surface area contributed by atoms with Gasteiger partial charge in [-0.15, -0.1) is 11.3 Å². The van der Waals surface area contributed by atoms with Crippen molar-refractivity contribution in [1.82, 2.24) is 4.90 Å². The predicted molar refractivity (Wildman–Crippen MR) is 77.1 cm³/mol. The lowest BCUT2D eigenvalue weighted by molar-refractivity contribution is -0.118. The van der Waals surface area contributed by atoms with Crippen LogP contribution in [0.15, 0.2) is 11.4 Å². The Bertz CT molecular complexity index is 408. The number of aldehydes is 1. The molecular weight excluding hydrogens is 242 g/mol. The zero-order valence-corrected chi connectivity index (χ0v) is 12.4. The van der Waals surface area contributed by atoms with Crippen LogP contribution < -0.4 is 0 Å². The van der Waals surface area contributed by atoms with Crippen molar-refractivity contribution >= 4 is 17.6 Å². The van der Waals surface area contributed by atoms with E-state index >= 15 is 0 Å². The Hall–Kier alpha value is -0.670. The van der Waals surface area contributed by atoms with Gasteiger partial charge in [-0.25, -0.2) is 0 Å². The Morgan fingerprint density at radius 1 is 1.50 bits per heavy atom. The highest BCUT2D eigenvalue weighted by Crippen LogP contribution is 2.36. The van der Waals surface area contributed by atoms with E-state index in [2.05, 4.69) is 37.1 Å². The number of fused-ring (bicyclic) bond motifs is 1. The Morgan fingerprint density at radius 2 is 2.22 bits per heavy atom. The molecule has 1 aromatic heterocycles. The van der Waals surface area contributed by atoms with Crippen molar-refractivity contribution in [2.75, 3.05) is 13.1 Å². The SMILES string of the molecule is CCC(C=O)(CC)CN1CCc2sccc2C1C. The minimum Gasteiger partial charge on any atom is -0.303 e. The standard InChI is InChI=1S/C15H23NOS/c1-4-15(5-2,11-17)10-16-8-6-14-13(12(16)3)7-9-18-14/h7,9,11-12H,4-6,8,10H2,1-3H3. The first-order chi connectivity index (χ1) is 8.65. The molecule has 1 atom stereocenters. The van der Waals surface area contributed by atoms with Crippen molar-refractivity contribution in [3.05, 3.63) is 21.9 Å². The van der Waals surface area contributed by atoms with Gasteiger partial charge in [0, 0.05) is 29.4 Å². The monoisotopic (exact) mass is 265 g/mol. The molecule has 1 aliphatic rings. The summed E-state index contributed by atoms with van der Waals surface area (Å²) in [6, 6.07) is 2.70. The molecule has 18 heavy (non-hydrogen) atoms. The van der Waals surface area contributed by atoms with Gasteiger partial charge in [0.1, 0.15) is 6.29 Å². The number of carbonyl (C=O) groups excluding carboxylic acids is 1. The molecule has 0 radical (unpaired) electrons. The maximum absolute atomic E-state index is 11.4. The molecule has 2 nitrogen and oxygen atoms in total. The van der Waals surface area contributed by atoms with E-state index in [4.69, 9.17) is 0 Å². The maximum Gasteiger partial charge on any atom is 0.127 e. The van der Waals surface area contributed by atoms with E-state index < -0.39 is 0 Å². The molecule has 2 heterocycles. The highest BCUT2D eigenvalue weighted by atomic mass is 32.1.